The second kappa shape index (κ2) is 4.49. The van der Waals surface area contributed by atoms with Gasteiger partial charge in [-0.3, -0.25) is 9.59 Å². The summed E-state index contributed by atoms with van der Waals surface area (Å²) < 4.78 is 8.63. The van der Waals surface area contributed by atoms with Crippen LogP contribution in [-0.4, -0.2) is 26.2 Å². The third-order valence-corrected chi connectivity index (χ3v) is 1.15. The molecule has 62 valence electrons. The van der Waals surface area contributed by atoms with E-state index in [1.54, 1.807) is 0 Å². The molecule has 0 aliphatic rings. The van der Waals surface area contributed by atoms with Crippen molar-refractivity contribution in [2.24, 2.45) is 5.92 Å². The highest BCUT2D eigenvalue weighted by atomic mass is 16.5. The maximum Gasteiger partial charge on any atom is 0.323 e. The predicted octanol–water partition coefficient (Wildman–Crippen LogP) is 0.135. The van der Waals surface area contributed by atoms with Gasteiger partial charge in [0.2, 0.25) is 0 Å². The monoisotopic (exact) mass is 158 g/mol. The van der Waals surface area contributed by atoms with Gasteiger partial charge in [-0.25, -0.2) is 0 Å². The van der Waals surface area contributed by atoms with Crippen molar-refractivity contribution in [1.82, 2.24) is 0 Å². The van der Waals surface area contributed by atoms with Gasteiger partial charge in [0.15, 0.2) is 5.92 Å². The Morgan fingerprint density at radius 2 is 1.64 bits per heavy atom. The molecule has 0 amide bonds. The largest absolute Gasteiger partial charge is 0.468 e. The van der Waals surface area contributed by atoms with Gasteiger partial charge in [-0.1, -0.05) is 6.08 Å². The van der Waals surface area contributed by atoms with E-state index in [4.69, 9.17) is 0 Å². The summed E-state index contributed by atoms with van der Waals surface area (Å²) in [5.74, 6) is -2.33. The molecule has 0 saturated heterocycles. The van der Waals surface area contributed by atoms with Gasteiger partial charge in [-0.15, -0.1) is 6.58 Å². The minimum Gasteiger partial charge on any atom is -0.468 e. The Hall–Kier alpha value is -1.32. The molecular weight excluding hydrogens is 148 g/mol. The van der Waals surface area contributed by atoms with E-state index < -0.39 is 17.9 Å². The first-order valence-corrected chi connectivity index (χ1v) is 2.95. The molecule has 0 aromatic carbocycles. The maximum atomic E-state index is 10.7. The van der Waals surface area contributed by atoms with Crippen LogP contribution in [-0.2, 0) is 19.1 Å². The van der Waals surface area contributed by atoms with Crippen LogP contribution in [0.25, 0.3) is 0 Å². The lowest BCUT2D eigenvalue weighted by Crippen LogP contribution is -2.24. The van der Waals surface area contributed by atoms with Gasteiger partial charge in [0.1, 0.15) is 0 Å². The molecular formula is C7H10O4. The smallest absolute Gasteiger partial charge is 0.323 e. The molecule has 11 heavy (non-hydrogen) atoms. The molecule has 0 N–H and O–H groups in total. The summed E-state index contributed by atoms with van der Waals surface area (Å²) >= 11 is 0. The summed E-state index contributed by atoms with van der Waals surface area (Å²) in [7, 11) is 2.39. The van der Waals surface area contributed by atoms with Gasteiger partial charge in [0.25, 0.3) is 0 Å². The number of hydrogen-bond acceptors (Lipinski definition) is 4. The van der Waals surface area contributed by atoms with Crippen LogP contribution in [0, 0.1) is 5.92 Å². The van der Waals surface area contributed by atoms with Crippen LogP contribution in [0.15, 0.2) is 12.7 Å². The Balaban J connectivity index is 4.27. The fourth-order valence-electron chi connectivity index (χ4n) is 0.543. The summed E-state index contributed by atoms with van der Waals surface area (Å²) in [6.45, 7) is 3.30. The lowest BCUT2D eigenvalue weighted by atomic mass is 10.1. The molecule has 0 spiro atoms. The molecule has 0 bridgehead atoms. The Morgan fingerprint density at radius 1 is 1.27 bits per heavy atom. The lowest BCUT2D eigenvalue weighted by Gasteiger charge is -2.06. The van der Waals surface area contributed by atoms with Crippen LogP contribution >= 0.6 is 0 Å². The fourth-order valence-corrected chi connectivity index (χ4v) is 0.543. The number of esters is 2. The van der Waals surface area contributed by atoms with Crippen molar-refractivity contribution < 1.29 is 19.1 Å². The van der Waals surface area contributed by atoms with Gasteiger partial charge >= 0.3 is 11.9 Å². The quantitative estimate of drug-likeness (QED) is 0.333. The number of methoxy groups -OCH3 is 2. The average Bonchev–Trinajstić information content (AvgIpc) is 2.05. The third-order valence-electron chi connectivity index (χ3n) is 1.15. The molecule has 0 heterocycles. The van der Waals surface area contributed by atoms with Gasteiger partial charge < -0.3 is 9.47 Å². The summed E-state index contributed by atoms with van der Waals surface area (Å²) in [5.41, 5.74) is 0. The predicted molar refractivity (Wildman–Crippen MR) is 37.7 cm³/mol. The first-order chi connectivity index (χ1) is 5.17. The highest BCUT2D eigenvalue weighted by Gasteiger charge is 2.24. The minimum atomic E-state index is -1.01. The normalized spacial score (nSPS) is 9.00. The molecule has 4 nitrogen and oxygen atoms in total. The minimum absolute atomic E-state index is 0.660. The average molecular weight is 158 g/mol. The molecule has 0 atom stereocenters. The number of ether oxygens (including phenoxy) is 2. The maximum absolute atomic E-state index is 10.7. The number of carbonyl (C=O) groups excluding carboxylic acids is 2. The standard InChI is InChI=1S/C7H10O4/c1-4-5(6(8)10-2)7(9)11-3/h4-5H,1H2,2-3H3. The van der Waals surface area contributed by atoms with Crippen molar-refractivity contribution in [2.75, 3.05) is 14.2 Å². The Bertz CT molecular complexity index is 157. The molecule has 4 heteroatoms. The van der Waals surface area contributed by atoms with Crippen molar-refractivity contribution in [1.29, 1.82) is 0 Å². The zero-order valence-electron chi connectivity index (χ0n) is 6.49. The van der Waals surface area contributed by atoms with Crippen molar-refractivity contribution in [3.8, 4) is 0 Å². The van der Waals surface area contributed by atoms with Crippen LogP contribution in [0.5, 0.6) is 0 Å². The summed E-state index contributed by atoms with van der Waals surface area (Å²) in [4.78, 5) is 21.5. The molecule has 0 aliphatic carbocycles. The molecule has 0 radical (unpaired) electrons. The highest BCUT2D eigenvalue weighted by molar-refractivity contribution is 5.96. The van der Waals surface area contributed by atoms with Crippen LogP contribution in [0.1, 0.15) is 0 Å². The number of rotatable bonds is 3. The van der Waals surface area contributed by atoms with E-state index in [1.165, 1.54) is 20.3 Å². The van der Waals surface area contributed by atoms with Gasteiger partial charge in [-0.2, -0.15) is 0 Å². The first kappa shape index (κ1) is 9.68. The van der Waals surface area contributed by atoms with Crippen LogP contribution in [0.3, 0.4) is 0 Å². The molecule has 0 fully saturated rings. The topological polar surface area (TPSA) is 52.6 Å². The van der Waals surface area contributed by atoms with E-state index in [9.17, 15) is 9.59 Å². The second-order valence-electron chi connectivity index (χ2n) is 1.76. The van der Waals surface area contributed by atoms with Crippen molar-refractivity contribution >= 4 is 11.9 Å². The summed E-state index contributed by atoms with van der Waals surface area (Å²) in [6.07, 6.45) is 1.18. The van der Waals surface area contributed by atoms with Gasteiger partial charge in [0, 0.05) is 0 Å². The summed E-state index contributed by atoms with van der Waals surface area (Å²) in [6, 6.07) is 0. The highest BCUT2D eigenvalue weighted by Crippen LogP contribution is 2.02. The zero-order valence-corrected chi connectivity index (χ0v) is 6.49. The van der Waals surface area contributed by atoms with E-state index in [0.717, 1.165) is 0 Å². The van der Waals surface area contributed by atoms with Crippen molar-refractivity contribution in [3.05, 3.63) is 12.7 Å². The van der Waals surface area contributed by atoms with E-state index in [2.05, 4.69) is 16.1 Å². The van der Waals surface area contributed by atoms with Crippen LogP contribution in [0.4, 0.5) is 0 Å². The SMILES string of the molecule is C=CC(C(=O)OC)C(=O)OC. The van der Waals surface area contributed by atoms with Crippen LogP contribution in [0.2, 0.25) is 0 Å². The Labute approximate surface area is 64.8 Å². The third kappa shape index (κ3) is 2.41. The molecule has 0 aliphatic heterocycles. The molecule has 0 aromatic heterocycles. The molecule has 0 rings (SSSR count). The number of carbonyl (C=O) groups is 2. The van der Waals surface area contributed by atoms with E-state index in [0.29, 0.717) is 0 Å². The first-order valence-electron chi connectivity index (χ1n) is 2.95. The Morgan fingerprint density at radius 3 is 1.82 bits per heavy atom. The summed E-state index contributed by atoms with van der Waals surface area (Å²) in [5, 5.41) is 0. The second-order valence-corrected chi connectivity index (χ2v) is 1.76. The van der Waals surface area contributed by atoms with Gasteiger partial charge in [0.05, 0.1) is 14.2 Å². The molecule has 0 aromatic rings. The van der Waals surface area contributed by atoms with Crippen molar-refractivity contribution in [3.63, 3.8) is 0 Å². The molecule has 0 unspecified atom stereocenters. The van der Waals surface area contributed by atoms with Crippen LogP contribution < -0.4 is 0 Å². The van der Waals surface area contributed by atoms with Crippen molar-refractivity contribution in [2.45, 2.75) is 0 Å². The Kier molecular flexibility index (Phi) is 3.95. The van der Waals surface area contributed by atoms with E-state index >= 15 is 0 Å². The molecule has 0 saturated carbocycles. The van der Waals surface area contributed by atoms with E-state index in [1.807, 2.05) is 0 Å². The zero-order chi connectivity index (χ0) is 8.85. The number of hydrogen-bond donors (Lipinski definition) is 0. The van der Waals surface area contributed by atoms with Gasteiger partial charge in [-0.05, 0) is 0 Å². The van der Waals surface area contributed by atoms with E-state index in [-0.39, 0.29) is 0 Å². The fraction of sp³-hybridized carbons (Fsp3) is 0.429. The lowest BCUT2D eigenvalue weighted by molar-refractivity contribution is -0.156.